The summed E-state index contributed by atoms with van der Waals surface area (Å²) >= 11 is 6.68. The van der Waals surface area contributed by atoms with E-state index < -0.39 is 23.3 Å². The average Bonchev–Trinajstić information content (AvgIpc) is 2.30. The minimum absolute atomic E-state index is 0.425. The topological polar surface area (TPSA) is 66.5 Å². The number of carbonyl (C=O) groups is 3. The predicted molar refractivity (Wildman–Crippen MR) is 79.2 cm³/mol. The van der Waals surface area contributed by atoms with Gasteiger partial charge in [-0.15, -0.1) is 0 Å². The highest BCUT2D eigenvalue weighted by atomic mass is 79.9. The number of halogens is 2. The number of carbonyl (C=O) groups excluding carboxylic acids is 3. The first-order valence-electron chi connectivity index (χ1n) is 6.11. The maximum atomic E-state index is 12.7. The van der Waals surface area contributed by atoms with Crippen LogP contribution in [0.1, 0.15) is 19.3 Å². The third-order valence-electron chi connectivity index (χ3n) is 3.84. The van der Waals surface area contributed by atoms with Crippen molar-refractivity contribution < 1.29 is 14.4 Å². The van der Waals surface area contributed by atoms with Crippen LogP contribution < -0.4 is 10.2 Å². The maximum Gasteiger partial charge on any atom is 0.335 e. The second-order valence-electron chi connectivity index (χ2n) is 4.91. The number of imide groups is 2. The van der Waals surface area contributed by atoms with E-state index in [1.54, 1.807) is 18.2 Å². The molecule has 0 unspecified atom stereocenters. The number of rotatable bonds is 1. The number of hydrogen-bond acceptors (Lipinski definition) is 3. The first-order chi connectivity index (χ1) is 9.47. The molecule has 1 N–H and O–H groups in total. The van der Waals surface area contributed by atoms with Gasteiger partial charge < -0.3 is 0 Å². The van der Waals surface area contributed by atoms with Gasteiger partial charge in [-0.3, -0.25) is 14.9 Å². The van der Waals surface area contributed by atoms with Crippen molar-refractivity contribution in [1.29, 1.82) is 0 Å². The molecule has 0 atom stereocenters. The molecule has 0 radical (unpaired) electrons. The molecule has 5 nitrogen and oxygen atoms in total. The summed E-state index contributed by atoms with van der Waals surface area (Å²) in [5.74, 6) is -0.914. The van der Waals surface area contributed by atoms with Gasteiger partial charge in [0.2, 0.25) is 5.91 Å². The van der Waals surface area contributed by atoms with Crippen molar-refractivity contribution in [3.63, 3.8) is 0 Å². The average molecular weight is 402 g/mol. The van der Waals surface area contributed by atoms with Crippen molar-refractivity contribution >= 4 is 55.4 Å². The summed E-state index contributed by atoms with van der Waals surface area (Å²) in [6.07, 6.45) is 1.80. The summed E-state index contributed by atoms with van der Waals surface area (Å²) in [5.41, 5.74) is -0.642. The Balaban J connectivity index is 2.11. The van der Waals surface area contributed by atoms with E-state index in [2.05, 4.69) is 37.2 Å². The van der Waals surface area contributed by atoms with Crippen molar-refractivity contribution in [2.75, 3.05) is 4.90 Å². The zero-order valence-corrected chi connectivity index (χ0v) is 13.5. The summed E-state index contributed by atoms with van der Waals surface area (Å²) in [6, 6.07) is 4.56. The number of benzene rings is 1. The zero-order valence-electron chi connectivity index (χ0n) is 10.3. The molecule has 0 aromatic heterocycles. The Morgan fingerprint density at radius 2 is 1.70 bits per heavy atom. The molecule has 2 fully saturated rings. The van der Waals surface area contributed by atoms with Gasteiger partial charge in [0.25, 0.3) is 5.91 Å². The van der Waals surface area contributed by atoms with Crippen molar-refractivity contribution in [3.05, 3.63) is 27.1 Å². The van der Waals surface area contributed by atoms with Crippen LogP contribution in [0, 0.1) is 5.41 Å². The largest absolute Gasteiger partial charge is 0.335 e. The molecule has 2 aliphatic rings. The smallest absolute Gasteiger partial charge is 0.276 e. The van der Waals surface area contributed by atoms with Gasteiger partial charge in [-0.05, 0) is 56.8 Å². The van der Waals surface area contributed by atoms with E-state index in [0.717, 1.165) is 11.3 Å². The third-order valence-corrected chi connectivity index (χ3v) is 5.12. The fourth-order valence-electron chi connectivity index (χ4n) is 2.55. The van der Waals surface area contributed by atoms with Crippen LogP contribution in [0.2, 0.25) is 0 Å². The molecule has 1 aliphatic heterocycles. The number of nitrogens with zero attached hydrogens (tertiary/aromatic N) is 1. The summed E-state index contributed by atoms with van der Waals surface area (Å²) in [4.78, 5) is 37.8. The standard InChI is InChI=1S/C13H10Br2N2O3/c14-7-3-1-4-8(15)9(7)17-11(19)13(5-2-6-13)10(18)16-12(17)20/h1,3-4H,2,5-6H2,(H,16,18,20). The predicted octanol–water partition coefficient (Wildman–Crippen LogP) is 2.96. The van der Waals surface area contributed by atoms with Crippen molar-refractivity contribution in [3.8, 4) is 0 Å². The summed E-state index contributed by atoms with van der Waals surface area (Å²) in [7, 11) is 0. The molecule has 1 saturated heterocycles. The Kier molecular flexibility index (Phi) is 3.21. The van der Waals surface area contributed by atoms with Crippen LogP contribution in [0.15, 0.2) is 27.1 Å². The first kappa shape index (κ1) is 13.8. The van der Waals surface area contributed by atoms with E-state index in [1.165, 1.54) is 0 Å². The van der Waals surface area contributed by atoms with Gasteiger partial charge in [0.15, 0.2) is 0 Å². The monoisotopic (exact) mass is 400 g/mol. The lowest BCUT2D eigenvalue weighted by molar-refractivity contribution is -0.148. The highest BCUT2D eigenvalue weighted by molar-refractivity contribution is 9.11. The van der Waals surface area contributed by atoms with E-state index in [9.17, 15) is 14.4 Å². The van der Waals surface area contributed by atoms with E-state index in [0.29, 0.717) is 27.5 Å². The molecule has 0 bridgehead atoms. The number of amides is 4. The minimum Gasteiger partial charge on any atom is -0.276 e. The SMILES string of the molecule is O=C1NC(=O)C2(CCC2)C(=O)N1c1c(Br)cccc1Br. The van der Waals surface area contributed by atoms with Crippen LogP contribution >= 0.6 is 31.9 Å². The van der Waals surface area contributed by atoms with Gasteiger partial charge in [0.1, 0.15) is 5.41 Å². The van der Waals surface area contributed by atoms with Crippen molar-refractivity contribution in [2.45, 2.75) is 19.3 Å². The van der Waals surface area contributed by atoms with Gasteiger partial charge in [0, 0.05) is 8.95 Å². The Morgan fingerprint density at radius 3 is 2.20 bits per heavy atom. The highest BCUT2D eigenvalue weighted by Crippen LogP contribution is 2.47. The molecule has 104 valence electrons. The molecule has 1 aromatic carbocycles. The van der Waals surface area contributed by atoms with Gasteiger partial charge in [-0.2, -0.15) is 0 Å². The molecule has 1 heterocycles. The Morgan fingerprint density at radius 1 is 1.10 bits per heavy atom. The molecule has 1 aliphatic carbocycles. The quantitative estimate of drug-likeness (QED) is 0.735. The second kappa shape index (κ2) is 4.66. The summed E-state index contributed by atoms with van der Waals surface area (Å²) in [6.45, 7) is 0. The summed E-state index contributed by atoms with van der Waals surface area (Å²) in [5, 5.41) is 2.29. The molecule has 1 spiro atoms. The molecule has 7 heteroatoms. The van der Waals surface area contributed by atoms with E-state index in [4.69, 9.17) is 0 Å². The lowest BCUT2D eigenvalue weighted by atomic mass is 9.66. The van der Waals surface area contributed by atoms with E-state index in [1.807, 2.05) is 0 Å². The Bertz CT molecular complexity index is 620. The minimum atomic E-state index is -1.07. The molecule has 3 rings (SSSR count). The summed E-state index contributed by atoms with van der Waals surface area (Å²) < 4.78 is 1.22. The molecular formula is C13H10Br2N2O3. The third kappa shape index (κ3) is 1.76. The van der Waals surface area contributed by atoms with Crippen LogP contribution in [0.5, 0.6) is 0 Å². The van der Waals surface area contributed by atoms with Crippen LogP contribution in [-0.4, -0.2) is 17.8 Å². The van der Waals surface area contributed by atoms with E-state index >= 15 is 0 Å². The number of urea groups is 1. The number of para-hydroxylation sites is 1. The van der Waals surface area contributed by atoms with Crippen LogP contribution in [0.4, 0.5) is 10.5 Å². The fraction of sp³-hybridized carbons (Fsp3) is 0.308. The first-order valence-corrected chi connectivity index (χ1v) is 7.70. The van der Waals surface area contributed by atoms with Gasteiger partial charge in [-0.25, -0.2) is 9.69 Å². The number of hydrogen-bond donors (Lipinski definition) is 1. The number of barbiturate groups is 1. The van der Waals surface area contributed by atoms with Crippen LogP contribution in [-0.2, 0) is 9.59 Å². The Labute approximate surface area is 132 Å². The van der Waals surface area contributed by atoms with Crippen LogP contribution in [0.3, 0.4) is 0 Å². The lowest BCUT2D eigenvalue weighted by Crippen LogP contribution is -2.66. The molecule has 1 aromatic rings. The highest BCUT2D eigenvalue weighted by Gasteiger charge is 2.58. The maximum absolute atomic E-state index is 12.7. The van der Waals surface area contributed by atoms with Gasteiger partial charge >= 0.3 is 6.03 Å². The normalized spacial score (nSPS) is 20.9. The lowest BCUT2D eigenvalue weighted by Gasteiger charge is -2.44. The second-order valence-corrected chi connectivity index (χ2v) is 6.61. The van der Waals surface area contributed by atoms with Crippen LogP contribution in [0.25, 0.3) is 0 Å². The molecule has 20 heavy (non-hydrogen) atoms. The molecular weight excluding hydrogens is 392 g/mol. The Hall–Kier alpha value is -1.21. The number of nitrogens with one attached hydrogen (secondary N) is 1. The molecule has 4 amide bonds. The van der Waals surface area contributed by atoms with Crippen molar-refractivity contribution in [1.82, 2.24) is 5.32 Å². The zero-order chi connectivity index (χ0) is 14.5. The fourth-order valence-corrected chi connectivity index (χ4v) is 3.91. The van der Waals surface area contributed by atoms with Crippen molar-refractivity contribution in [2.24, 2.45) is 5.41 Å². The van der Waals surface area contributed by atoms with Gasteiger partial charge in [-0.1, -0.05) is 12.5 Å². The van der Waals surface area contributed by atoms with Gasteiger partial charge in [0.05, 0.1) is 5.69 Å². The molecule has 1 saturated carbocycles. The number of anilines is 1. The van der Waals surface area contributed by atoms with E-state index in [-0.39, 0.29) is 0 Å².